The maximum Gasteiger partial charge on any atom is 0.449 e. The van der Waals surface area contributed by atoms with Crippen LogP contribution in [-0.4, -0.2) is 41.3 Å². The number of fused-ring (bicyclic) bond motifs is 1. The molecule has 0 aliphatic carbocycles. The molecule has 2 aromatic carbocycles. The fraction of sp³-hybridized carbons (Fsp3) is 0.333. The van der Waals surface area contributed by atoms with Gasteiger partial charge in [-0.25, -0.2) is 13.4 Å². The van der Waals surface area contributed by atoms with Crippen molar-refractivity contribution in [3.05, 3.63) is 59.9 Å². The van der Waals surface area contributed by atoms with Crippen molar-refractivity contribution in [2.75, 3.05) is 7.05 Å². The molecule has 172 valence electrons. The van der Waals surface area contributed by atoms with Gasteiger partial charge in [-0.15, -0.1) is 0 Å². The van der Waals surface area contributed by atoms with E-state index in [0.717, 1.165) is 4.57 Å². The van der Waals surface area contributed by atoms with Gasteiger partial charge in [0.05, 0.1) is 15.9 Å². The summed E-state index contributed by atoms with van der Waals surface area (Å²) < 4.78 is 67.2. The highest BCUT2D eigenvalue weighted by molar-refractivity contribution is 7.89. The third-order valence-electron chi connectivity index (χ3n) is 5.03. The Labute approximate surface area is 183 Å². The van der Waals surface area contributed by atoms with E-state index in [1.165, 1.54) is 35.6 Å². The second kappa shape index (κ2) is 8.91. The van der Waals surface area contributed by atoms with Crippen LogP contribution in [0.15, 0.2) is 53.4 Å². The Hall–Kier alpha value is -2.92. The molecule has 0 aliphatic heterocycles. The van der Waals surface area contributed by atoms with Crippen molar-refractivity contribution in [1.82, 2.24) is 19.2 Å². The number of amides is 1. The first kappa shape index (κ1) is 23.7. The molecule has 1 N–H and O–H groups in total. The minimum atomic E-state index is -4.70. The highest BCUT2D eigenvalue weighted by atomic mass is 32.2. The summed E-state index contributed by atoms with van der Waals surface area (Å²) in [5.41, 5.74) is 0.964. The predicted octanol–water partition coefficient (Wildman–Crippen LogP) is 3.40. The molecule has 1 heterocycles. The molecule has 1 aromatic heterocycles. The molecule has 11 heteroatoms. The lowest BCUT2D eigenvalue weighted by Gasteiger charge is -2.21. The second-order valence-corrected chi connectivity index (χ2v) is 9.54. The molecule has 0 unspecified atom stereocenters. The maximum atomic E-state index is 13.4. The van der Waals surface area contributed by atoms with Gasteiger partial charge in [0.2, 0.25) is 21.8 Å². The number of alkyl halides is 3. The molecule has 3 rings (SSSR count). The highest BCUT2D eigenvalue weighted by Crippen LogP contribution is 2.31. The van der Waals surface area contributed by atoms with Gasteiger partial charge in [-0.2, -0.15) is 17.5 Å². The lowest BCUT2D eigenvalue weighted by molar-refractivity contribution is -0.147. The van der Waals surface area contributed by atoms with Crippen molar-refractivity contribution in [2.24, 2.45) is 0 Å². The first-order chi connectivity index (χ1) is 14.9. The van der Waals surface area contributed by atoms with E-state index in [-0.39, 0.29) is 28.5 Å². The fourth-order valence-electron chi connectivity index (χ4n) is 3.08. The van der Waals surface area contributed by atoms with Gasteiger partial charge in [0.15, 0.2) is 0 Å². The van der Waals surface area contributed by atoms with Gasteiger partial charge >= 0.3 is 6.18 Å². The number of rotatable bonds is 7. The number of imidazole rings is 1. The molecule has 32 heavy (non-hydrogen) atoms. The number of hydrogen-bond donors (Lipinski definition) is 1. The van der Waals surface area contributed by atoms with Gasteiger partial charge in [0, 0.05) is 19.6 Å². The molecule has 0 bridgehead atoms. The van der Waals surface area contributed by atoms with E-state index in [1.54, 1.807) is 38.1 Å². The SMILES string of the molecule is CC(C)N(C)S(=O)(=O)c1ccc(CNC(=O)Cn2c(C(F)(F)F)nc3ccccc32)cc1. The van der Waals surface area contributed by atoms with Crippen molar-refractivity contribution in [3.63, 3.8) is 0 Å². The summed E-state index contributed by atoms with van der Waals surface area (Å²) in [4.78, 5) is 16.1. The number of carbonyl (C=O) groups excluding carboxylic acids is 1. The number of carbonyl (C=O) groups is 1. The smallest absolute Gasteiger partial charge is 0.350 e. The van der Waals surface area contributed by atoms with E-state index in [2.05, 4.69) is 10.3 Å². The second-order valence-electron chi connectivity index (χ2n) is 7.54. The van der Waals surface area contributed by atoms with Crippen LogP contribution in [0.5, 0.6) is 0 Å². The molecule has 0 atom stereocenters. The normalized spacial score (nSPS) is 12.6. The summed E-state index contributed by atoms with van der Waals surface area (Å²) in [5, 5.41) is 2.57. The van der Waals surface area contributed by atoms with E-state index in [1.807, 2.05) is 0 Å². The Balaban J connectivity index is 1.71. The molecule has 1 amide bonds. The fourth-order valence-corrected chi connectivity index (χ4v) is 4.44. The molecule has 0 aliphatic rings. The zero-order valence-corrected chi connectivity index (χ0v) is 18.5. The molecule has 0 spiro atoms. The van der Waals surface area contributed by atoms with Crippen LogP contribution in [0.2, 0.25) is 0 Å². The topological polar surface area (TPSA) is 84.3 Å². The van der Waals surface area contributed by atoms with Crippen LogP contribution < -0.4 is 5.32 Å². The number of sulfonamides is 1. The van der Waals surface area contributed by atoms with Crippen molar-refractivity contribution < 1.29 is 26.4 Å². The number of benzene rings is 2. The van der Waals surface area contributed by atoms with Crippen LogP contribution in [0, 0.1) is 0 Å². The third-order valence-corrected chi connectivity index (χ3v) is 7.07. The number of aromatic nitrogens is 2. The monoisotopic (exact) mass is 468 g/mol. The number of halogens is 3. The Bertz CT molecular complexity index is 1220. The molecule has 0 saturated carbocycles. The quantitative estimate of drug-likeness (QED) is 0.576. The molecular formula is C21H23F3N4O3S. The predicted molar refractivity (Wildman–Crippen MR) is 113 cm³/mol. The molecule has 0 fully saturated rings. The Kier molecular flexibility index (Phi) is 6.61. The summed E-state index contributed by atoms with van der Waals surface area (Å²) in [5.74, 6) is -1.77. The Morgan fingerprint density at radius 1 is 1.12 bits per heavy atom. The largest absolute Gasteiger partial charge is 0.449 e. The van der Waals surface area contributed by atoms with Crippen LogP contribution in [0.25, 0.3) is 11.0 Å². The van der Waals surface area contributed by atoms with E-state index in [0.29, 0.717) is 5.56 Å². The van der Waals surface area contributed by atoms with E-state index in [4.69, 9.17) is 0 Å². The van der Waals surface area contributed by atoms with Crippen molar-refractivity contribution in [2.45, 2.75) is 44.1 Å². The molecule has 0 radical (unpaired) electrons. The van der Waals surface area contributed by atoms with Gasteiger partial charge in [-0.05, 0) is 43.7 Å². The minimum Gasteiger partial charge on any atom is -0.350 e. The first-order valence-corrected chi connectivity index (χ1v) is 11.2. The average Bonchev–Trinajstić information content (AvgIpc) is 3.11. The zero-order valence-electron chi connectivity index (χ0n) is 17.7. The number of nitrogens with one attached hydrogen (secondary N) is 1. The average molecular weight is 469 g/mol. The van der Waals surface area contributed by atoms with Crippen molar-refractivity contribution in [1.29, 1.82) is 0 Å². The lowest BCUT2D eigenvalue weighted by atomic mass is 10.2. The van der Waals surface area contributed by atoms with Gasteiger partial charge in [0.1, 0.15) is 6.54 Å². The lowest BCUT2D eigenvalue weighted by Crippen LogP contribution is -2.33. The third kappa shape index (κ3) is 4.94. The summed E-state index contributed by atoms with van der Waals surface area (Å²) in [6.45, 7) is 3.00. The summed E-state index contributed by atoms with van der Waals surface area (Å²) >= 11 is 0. The highest BCUT2D eigenvalue weighted by Gasteiger charge is 2.38. The summed E-state index contributed by atoms with van der Waals surface area (Å²) in [6, 6.07) is 11.8. The zero-order chi connectivity index (χ0) is 23.7. The van der Waals surface area contributed by atoms with Gasteiger partial charge < -0.3 is 9.88 Å². The first-order valence-electron chi connectivity index (χ1n) is 9.77. The number of para-hydroxylation sites is 2. The van der Waals surface area contributed by atoms with Crippen LogP contribution in [0.1, 0.15) is 25.2 Å². The van der Waals surface area contributed by atoms with Crippen molar-refractivity contribution >= 4 is 27.0 Å². The number of hydrogen-bond acceptors (Lipinski definition) is 4. The van der Waals surface area contributed by atoms with E-state index < -0.39 is 34.5 Å². The molecule has 3 aromatic rings. The van der Waals surface area contributed by atoms with E-state index >= 15 is 0 Å². The molecule has 0 saturated heterocycles. The van der Waals surface area contributed by atoms with E-state index in [9.17, 15) is 26.4 Å². The van der Waals surface area contributed by atoms with Gasteiger partial charge in [0.25, 0.3) is 0 Å². The maximum absolute atomic E-state index is 13.4. The van der Waals surface area contributed by atoms with Crippen LogP contribution in [-0.2, 0) is 34.1 Å². The van der Waals surface area contributed by atoms with Gasteiger partial charge in [-0.1, -0.05) is 24.3 Å². The standard InChI is InChI=1S/C21H23F3N4O3S/c1-14(2)27(3)32(30,31)16-10-8-15(9-11-16)12-25-19(29)13-28-18-7-5-4-6-17(18)26-20(28)21(22,23)24/h4-11,14H,12-13H2,1-3H3,(H,25,29). The van der Waals surface area contributed by atoms with Crippen LogP contribution in [0.3, 0.4) is 0 Å². The minimum absolute atomic E-state index is 0.0349. The van der Waals surface area contributed by atoms with Gasteiger partial charge in [-0.3, -0.25) is 4.79 Å². The Morgan fingerprint density at radius 3 is 2.34 bits per heavy atom. The summed E-state index contributed by atoms with van der Waals surface area (Å²) in [7, 11) is -2.14. The van der Waals surface area contributed by atoms with Crippen LogP contribution >= 0.6 is 0 Å². The molecule has 7 nitrogen and oxygen atoms in total. The number of nitrogens with zero attached hydrogens (tertiary/aromatic N) is 3. The van der Waals surface area contributed by atoms with Crippen molar-refractivity contribution in [3.8, 4) is 0 Å². The summed E-state index contributed by atoms with van der Waals surface area (Å²) in [6.07, 6.45) is -4.70. The Morgan fingerprint density at radius 2 is 1.75 bits per heavy atom. The van der Waals surface area contributed by atoms with Crippen LogP contribution in [0.4, 0.5) is 13.2 Å². The molecular weight excluding hydrogens is 445 g/mol.